The molecule has 0 heterocycles. The van der Waals surface area contributed by atoms with E-state index in [2.05, 4.69) is 34.6 Å². The summed E-state index contributed by atoms with van der Waals surface area (Å²) in [4.78, 5) is 23.3. The Labute approximate surface area is 189 Å². The highest BCUT2D eigenvalue weighted by Crippen LogP contribution is 2.67. The quantitative estimate of drug-likeness (QED) is 0.415. The first-order chi connectivity index (χ1) is 14.5. The van der Waals surface area contributed by atoms with Crippen LogP contribution in [0.5, 0.6) is 0 Å². The summed E-state index contributed by atoms with van der Waals surface area (Å²) in [6, 6.07) is 0. The van der Waals surface area contributed by atoms with Crippen LogP contribution in [-0.2, 0) is 9.59 Å². The second-order valence-electron chi connectivity index (χ2n) is 12.4. The number of hydrogen-bond acceptors (Lipinski definition) is 2. The van der Waals surface area contributed by atoms with Crippen molar-refractivity contribution in [2.45, 2.75) is 105 Å². The molecule has 0 spiro atoms. The van der Waals surface area contributed by atoms with E-state index in [9.17, 15) is 19.8 Å². The van der Waals surface area contributed by atoms with Crippen molar-refractivity contribution < 1.29 is 19.8 Å². The Kier molecular flexibility index (Phi) is 7.48. The van der Waals surface area contributed by atoms with Crippen molar-refractivity contribution in [3.05, 3.63) is 0 Å². The van der Waals surface area contributed by atoms with Gasteiger partial charge in [0.1, 0.15) is 0 Å². The predicted molar refractivity (Wildman–Crippen MR) is 124 cm³/mol. The Morgan fingerprint density at radius 1 is 0.903 bits per heavy atom. The molecular formula is C27H46O4. The van der Waals surface area contributed by atoms with Gasteiger partial charge in [-0.3, -0.25) is 9.59 Å². The highest BCUT2D eigenvalue weighted by Gasteiger charge is 2.60. The van der Waals surface area contributed by atoms with Crippen LogP contribution in [0.3, 0.4) is 0 Å². The minimum Gasteiger partial charge on any atom is -0.481 e. The van der Waals surface area contributed by atoms with E-state index < -0.39 is 17.4 Å². The molecule has 0 aliphatic heterocycles. The maximum atomic E-state index is 11.8. The van der Waals surface area contributed by atoms with E-state index in [1.54, 1.807) is 0 Å². The summed E-state index contributed by atoms with van der Waals surface area (Å²) >= 11 is 0. The molecule has 0 unspecified atom stereocenters. The standard InChI is InChI=1S/C27H46O4/c1-17(2)7-6-8-18(3)21-11-12-22-20-10-9-19(15-24(28)29)27(5,16-25(30)31)23(20)13-14-26(21,22)4/h17-23H,6-16H2,1-5H3,(H,28,29)(H,30,31)/t18-,19-,20+,21-,22+,23+,26-,27+/m1/s1. The summed E-state index contributed by atoms with van der Waals surface area (Å²) in [5.41, 5.74) is -0.0163. The fraction of sp³-hybridized carbons (Fsp3) is 0.926. The maximum Gasteiger partial charge on any atom is 0.303 e. The SMILES string of the molecule is CC(C)CCC[C@@H](C)[C@H]1CC[C@H]2[C@@H]3CC[C@H](CC(=O)O)[C@](C)(CC(=O)O)[C@H]3CC[C@]12C. The van der Waals surface area contributed by atoms with E-state index in [0.717, 1.165) is 37.0 Å². The highest BCUT2D eigenvalue weighted by molar-refractivity contribution is 5.69. The third-order valence-corrected chi connectivity index (χ3v) is 10.2. The Morgan fingerprint density at radius 2 is 1.61 bits per heavy atom. The fourth-order valence-electron chi connectivity index (χ4n) is 8.71. The number of carboxylic acids is 2. The van der Waals surface area contributed by atoms with Crippen LogP contribution in [0.1, 0.15) is 105 Å². The van der Waals surface area contributed by atoms with Crippen LogP contribution in [-0.4, -0.2) is 22.2 Å². The fourth-order valence-corrected chi connectivity index (χ4v) is 8.71. The lowest BCUT2D eigenvalue weighted by molar-refractivity contribution is -0.155. The van der Waals surface area contributed by atoms with Crippen molar-refractivity contribution >= 4 is 11.9 Å². The van der Waals surface area contributed by atoms with Crippen LogP contribution in [0, 0.1) is 52.3 Å². The minimum atomic E-state index is -0.781. The van der Waals surface area contributed by atoms with E-state index in [4.69, 9.17) is 0 Å². The van der Waals surface area contributed by atoms with Crippen LogP contribution < -0.4 is 0 Å². The van der Waals surface area contributed by atoms with Gasteiger partial charge >= 0.3 is 11.9 Å². The van der Waals surface area contributed by atoms with Crippen molar-refractivity contribution in [1.82, 2.24) is 0 Å². The predicted octanol–water partition coefficient (Wildman–Crippen LogP) is 6.87. The smallest absolute Gasteiger partial charge is 0.303 e. The van der Waals surface area contributed by atoms with Gasteiger partial charge in [0.05, 0.1) is 6.42 Å². The molecule has 4 heteroatoms. The van der Waals surface area contributed by atoms with Crippen molar-refractivity contribution in [2.75, 3.05) is 0 Å². The van der Waals surface area contributed by atoms with Crippen LogP contribution in [0.2, 0.25) is 0 Å². The van der Waals surface area contributed by atoms with Crippen LogP contribution in [0.15, 0.2) is 0 Å². The number of aliphatic carboxylic acids is 2. The monoisotopic (exact) mass is 434 g/mol. The minimum absolute atomic E-state index is 0.0149. The second kappa shape index (κ2) is 9.43. The average Bonchev–Trinajstić information content (AvgIpc) is 3.00. The molecule has 8 atom stereocenters. The van der Waals surface area contributed by atoms with Crippen molar-refractivity contribution in [1.29, 1.82) is 0 Å². The normalized spacial score (nSPS) is 40.9. The molecule has 3 aliphatic rings. The Bertz CT molecular complexity index is 658. The van der Waals surface area contributed by atoms with Gasteiger partial charge in [0, 0.05) is 6.42 Å². The molecule has 3 fully saturated rings. The van der Waals surface area contributed by atoms with Crippen LogP contribution >= 0.6 is 0 Å². The summed E-state index contributed by atoms with van der Waals surface area (Å²) in [5, 5.41) is 19.2. The van der Waals surface area contributed by atoms with E-state index >= 15 is 0 Å². The van der Waals surface area contributed by atoms with Gasteiger partial charge in [0.15, 0.2) is 0 Å². The molecule has 0 bridgehead atoms. The number of rotatable bonds is 9. The first-order valence-corrected chi connectivity index (χ1v) is 12.9. The summed E-state index contributed by atoms with van der Waals surface area (Å²) < 4.78 is 0. The third kappa shape index (κ3) is 4.83. The summed E-state index contributed by atoms with van der Waals surface area (Å²) in [7, 11) is 0. The molecule has 0 amide bonds. The van der Waals surface area contributed by atoms with Crippen molar-refractivity contribution in [3.8, 4) is 0 Å². The number of carboxylic acid groups (broad SMARTS) is 2. The zero-order valence-electron chi connectivity index (χ0n) is 20.5. The molecule has 0 aromatic heterocycles. The molecule has 0 saturated heterocycles. The molecule has 0 aromatic carbocycles. The van der Waals surface area contributed by atoms with Gasteiger partial charge in [0.2, 0.25) is 0 Å². The van der Waals surface area contributed by atoms with Gasteiger partial charge in [-0.15, -0.1) is 0 Å². The Balaban J connectivity index is 1.78. The van der Waals surface area contributed by atoms with E-state index in [-0.39, 0.29) is 18.8 Å². The van der Waals surface area contributed by atoms with Gasteiger partial charge in [-0.1, -0.05) is 53.9 Å². The van der Waals surface area contributed by atoms with E-state index in [1.807, 2.05) is 0 Å². The van der Waals surface area contributed by atoms with E-state index in [0.29, 0.717) is 23.2 Å². The summed E-state index contributed by atoms with van der Waals surface area (Å²) in [5.74, 6) is 2.37. The molecule has 178 valence electrons. The van der Waals surface area contributed by atoms with E-state index in [1.165, 1.54) is 38.5 Å². The molecule has 31 heavy (non-hydrogen) atoms. The van der Waals surface area contributed by atoms with Gasteiger partial charge < -0.3 is 10.2 Å². The number of fused-ring (bicyclic) bond motifs is 3. The summed E-state index contributed by atoms with van der Waals surface area (Å²) in [6.45, 7) is 11.8. The highest BCUT2D eigenvalue weighted by atomic mass is 16.4. The Hall–Kier alpha value is -1.06. The zero-order valence-corrected chi connectivity index (χ0v) is 20.5. The molecule has 3 aliphatic carbocycles. The summed E-state index contributed by atoms with van der Waals surface area (Å²) in [6.07, 6.45) is 11.0. The lowest BCUT2D eigenvalue weighted by Crippen LogP contribution is -2.53. The van der Waals surface area contributed by atoms with Gasteiger partial charge in [-0.25, -0.2) is 0 Å². The van der Waals surface area contributed by atoms with Crippen LogP contribution in [0.4, 0.5) is 0 Å². The van der Waals surface area contributed by atoms with Crippen LogP contribution in [0.25, 0.3) is 0 Å². The topological polar surface area (TPSA) is 74.6 Å². The first kappa shape index (κ1) is 24.6. The van der Waals surface area contributed by atoms with Crippen molar-refractivity contribution in [2.24, 2.45) is 52.3 Å². The van der Waals surface area contributed by atoms with Gasteiger partial charge in [0.25, 0.3) is 0 Å². The molecule has 4 nitrogen and oxygen atoms in total. The average molecular weight is 435 g/mol. The second-order valence-corrected chi connectivity index (χ2v) is 12.4. The number of hydrogen-bond donors (Lipinski definition) is 2. The molecule has 2 N–H and O–H groups in total. The molecular weight excluding hydrogens is 388 g/mol. The molecule has 0 radical (unpaired) electrons. The van der Waals surface area contributed by atoms with Crippen molar-refractivity contribution in [3.63, 3.8) is 0 Å². The van der Waals surface area contributed by atoms with Gasteiger partial charge in [-0.2, -0.15) is 0 Å². The third-order valence-electron chi connectivity index (χ3n) is 10.2. The molecule has 3 saturated carbocycles. The number of carbonyl (C=O) groups is 2. The maximum absolute atomic E-state index is 11.8. The molecule has 3 rings (SSSR count). The lowest BCUT2D eigenvalue weighted by atomic mass is 9.45. The molecule has 0 aromatic rings. The largest absolute Gasteiger partial charge is 0.481 e. The van der Waals surface area contributed by atoms with Gasteiger partial charge in [-0.05, 0) is 90.8 Å². The lowest BCUT2D eigenvalue weighted by Gasteiger charge is -2.59. The zero-order chi connectivity index (χ0) is 23.0. The first-order valence-electron chi connectivity index (χ1n) is 12.9. The Morgan fingerprint density at radius 3 is 2.23 bits per heavy atom.